The molecule has 0 radical (unpaired) electrons. The van der Waals surface area contributed by atoms with E-state index in [-0.39, 0.29) is 18.4 Å². The van der Waals surface area contributed by atoms with Crippen LogP contribution in [0.2, 0.25) is 0 Å². The highest BCUT2D eigenvalue weighted by molar-refractivity contribution is 5.94. The molecule has 0 aliphatic rings. The van der Waals surface area contributed by atoms with Gasteiger partial charge in [0, 0.05) is 12.1 Å². The molecule has 1 atom stereocenters. The van der Waals surface area contributed by atoms with Gasteiger partial charge >= 0.3 is 0 Å². The van der Waals surface area contributed by atoms with Gasteiger partial charge in [0.2, 0.25) is 0 Å². The number of rotatable bonds is 7. The van der Waals surface area contributed by atoms with Crippen LogP contribution in [0.25, 0.3) is 5.69 Å². The van der Waals surface area contributed by atoms with Gasteiger partial charge in [-0.25, -0.2) is 9.67 Å². The fraction of sp³-hybridized carbons (Fsp3) is 0.500. The van der Waals surface area contributed by atoms with Gasteiger partial charge in [-0.3, -0.25) is 4.79 Å². The van der Waals surface area contributed by atoms with Crippen molar-refractivity contribution in [3.63, 3.8) is 0 Å². The second-order valence-electron chi connectivity index (χ2n) is 6.02. The van der Waals surface area contributed by atoms with Crippen LogP contribution in [-0.2, 0) is 0 Å². The highest BCUT2D eigenvalue weighted by Crippen LogP contribution is 2.13. The highest BCUT2D eigenvalue weighted by atomic mass is 16.3. The molecule has 0 aliphatic heterocycles. The lowest BCUT2D eigenvalue weighted by molar-refractivity contribution is 0.0816. The fourth-order valence-electron chi connectivity index (χ4n) is 2.82. The van der Waals surface area contributed by atoms with Crippen LogP contribution in [0.3, 0.4) is 0 Å². The van der Waals surface area contributed by atoms with Crippen LogP contribution in [-0.4, -0.2) is 38.4 Å². The molecule has 6 heteroatoms. The summed E-state index contributed by atoms with van der Waals surface area (Å²) in [7, 11) is 0. The zero-order valence-electron chi connectivity index (χ0n) is 14.8. The smallest absolute Gasteiger partial charge is 0.251 e. The maximum atomic E-state index is 12.2. The maximum absolute atomic E-state index is 12.2. The molecule has 0 spiro atoms. The number of nitrogens with zero attached hydrogens (tertiary/aromatic N) is 3. The van der Waals surface area contributed by atoms with Gasteiger partial charge in [0.1, 0.15) is 11.6 Å². The molecule has 130 valence electrons. The first-order valence-corrected chi connectivity index (χ1v) is 8.43. The third kappa shape index (κ3) is 4.20. The summed E-state index contributed by atoms with van der Waals surface area (Å²) in [6, 6.07) is 7.19. The zero-order chi connectivity index (χ0) is 17.7. The fourth-order valence-corrected chi connectivity index (χ4v) is 2.82. The van der Waals surface area contributed by atoms with E-state index in [1.54, 1.807) is 16.8 Å². The van der Waals surface area contributed by atoms with Gasteiger partial charge in [-0.05, 0) is 44.0 Å². The molecule has 0 saturated heterocycles. The summed E-state index contributed by atoms with van der Waals surface area (Å²) in [5, 5.41) is 17.2. The molecule has 1 aromatic carbocycles. The molecule has 0 fully saturated rings. The number of hydrogen-bond acceptors (Lipinski definition) is 4. The number of amides is 1. The van der Waals surface area contributed by atoms with Crippen molar-refractivity contribution in [2.24, 2.45) is 5.92 Å². The molecule has 1 aromatic heterocycles. The minimum Gasteiger partial charge on any atom is -0.391 e. The van der Waals surface area contributed by atoms with Crippen LogP contribution in [0, 0.1) is 19.8 Å². The van der Waals surface area contributed by atoms with Crippen LogP contribution in [0.4, 0.5) is 0 Å². The zero-order valence-corrected chi connectivity index (χ0v) is 14.8. The predicted molar refractivity (Wildman–Crippen MR) is 93.2 cm³/mol. The van der Waals surface area contributed by atoms with Crippen molar-refractivity contribution in [1.82, 2.24) is 20.1 Å². The van der Waals surface area contributed by atoms with Crippen LogP contribution >= 0.6 is 0 Å². The first-order chi connectivity index (χ1) is 11.5. The van der Waals surface area contributed by atoms with E-state index in [2.05, 4.69) is 15.4 Å². The van der Waals surface area contributed by atoms with Crippen molar-refractivity contribution in [2.45, 2.75) is 46.6 Å². The second-order valence-corrected chi connectivity index (χ2v) is 6.02. The largest absolute Gasteiger partial charge is 0.391 e. The van der Waals surface area contributed by atoms with Crippen molar-refractivity contribution < 1.29 is 9.90 Å². The van der Waals surface area contributed by atoms with E-state index in [1.807, 2.05) is 39.8 Å². The van der Waals surface area contributed by atoms with Crippen molar-refractivity contribution in [2.75, 3.05) is 6.54 Å². The molecule has 2 aromatic rings. The highest BCUT2D eigenvalue weighted by Gasteiger charge is 2.16. The summed E-state index contributed by atoms with van der Waals surface area (Å²) >= 11 is 0. The number of aromatic nitrogens is 3. The molecular weight excluding hydrogens is 304 g/mol. The van der Waals surface area contributed by atoms with Gasteiger partial charge in [0.25, 0.3) is 5.91 Å². The van der Waals surface area contributed by atoms with Crippen molar-refractivity contribution >= 4 is 5.91 Å². The molecule has 0 saturated carbocycles. The SMILES string of the molecule is CCC(CC)C(O)CNC(=O)c1ccc(-n2nc(C)nc2C)cc1. The number of carbonyl (C=O) groups is 1. The van der Waals surface area contributed by atoms with Crippen LogP contribution in [0.15, 0.2) is 24.3 Å². The minimum absolute atomic E-state index is 0.182. The molecule has 1 unspecified atom stereocenters. The average molecular weight is 330 g/mol. The average Bonchev–Trinajstić information content (AvgIpc) is 2.92. The number of aliphatic hydroxyl groups excluding tert-OH is 1. The van der Waals surface area contributed by atoms with Gasteiger partial charge in [-0.2, -0.15) is 5.10 Å². The monoisotopic (exact) mass is 330 g/mol. The Morgan fingerprint density at radius 3 is 2.33 bits per heavy atom. The summed E-state index contributed by atoms with van der Waals surface area (Å²) in [5.41, 5.74) is 1.42. The summed E-state index contributed by atoms with van der Waals surface area (Å²) in [5.74, 6) is 1.55. The first-order valence-electron chi connectivity index (χ1n) is 8.43. The molecular formula is C18H26N4O2. The summed E-state index contributed by atoms with van der Waals surface area (Å²) < 4.78 is 1.74. The third-order valence-corrected chi connectivity index (χ3v) is 4.31. The normalized spacial score (nSPS) is 12.4. The first kappa shape index (κ1) is 18.1. The molecule has 6 nitrogen and oxygen atoms in total. The standard InChI is InChI=1S/C18H26N4O2/c1-5-14(6-2)17(23)11-19-18(24)15-7-9-16(10-8-15)22-13(4)20-12(3)21-22/h7-10,14,17,23H,5-6,11H2,1-4H3,(H,19,24). The van der Waals surface area contributed by atoms with Crippen molar-refractivity contribution in [3.05, 3.63) is 41.5 Å². The molecule has 24 heavy (non-hydrogen) atoms. The predicted octanol–water partition coefficient (Wildman–Crippen LogP) is 2.41. The Morgan fingerprint density at radius 2 is 1.83 bits per heavy atom. The summed E-state index contributed by atoms with van der Waals surface area (Å²) in [6.07, 6.45) is 1.29. The molecule has 0 bridgehead atoms. The lowest BCUT2D eigenvalue weighted by atomic mass is 9.96. The van der Waals surface area contributed by atoms with Crippen molar-refractivity contribution in [3.8, 4) is 5.69 Å². The summed E-state index contributed by atoms with van der Waals surface area (Å²) in [4.78, 5) is 16.5. The number of benzene rings is 1. The Morgan fingerprint density at radius 1 is 1.21 bits per heavy atom. The van der Waals surface area contributed by atoms with E-state index in [1.165, 1.54) is 0 Å². The van der Waals surface area contributed by atoms with Crippen LogP contribution in [0.5, 0.6) is 0 Å². The van der Waals surface area contributed by atoms with Crippen LogP contribution < -0.4 is 5.32 Å². The van der Waals surface area contributed by atoms with Crippen LogP contribution in [0.1, 0.15) is 48.7 Å². The number of carbonyl (C=O) groups excluding carboxylic acids is 1. The molecule has 1 amide bonds. The summed E-state index contributed by atoms with van der Waals surface area (Å²) in [6.45, 7) is 8.10. The van der Waals surface area contributed by atoms with E-state index < -0.39 is 6.10 Å². The Kier molecular flexibility index (Phi) is 6.09. The number of aliphatic hydroxyl groups is 1. The quantitative estimate of drug-likeness (QED) is 0.817. The Hall–Kier alpha value is -2.21. The Labute approximate surface area is 142 Å². The Bertz CT molecular complexity index is 675. The third-order valence-electron chi connectivity index (χ3n) is 4.31. The Balaban J connectivity index is 2.00. The van der Waals surface area contributed by atoms with E-state index in [9.17, 15) is 9.90 Å². The van der Waals surface area contributed by atoms with Gasteiger partial charge in [-0.1, -0.05) is 26.7 Å². The number of nitrogens with one attached hydrogen (secondary N) is 1. The minimum atomic E-state index is -0.510. The topological polar surface area (TPSA) is 80.0 Å². The maximum Gasteiger partial charge on any atom is 0.251 e. The lowest BCUT2D eigenvalue weighted by Gasteiger charge is -2.20. The second kappa shape index (κ2) is 8.06. The van der Waals surface area contributed by atoms with Gasteiger partial charge < -0.3 is 10.4 Å². The van der Waals surface area contributed by atoms with Crippen molar-refractivity contribution in [1.29, 1.82) is 0 Å². The lowest BCUT2D eigenvalue weighted by Crippen LogP contribution is -2.36. The van der Waals surface area contributed by atoms with Gasteiger partial charge in [0.05, 0.1) is 11.8 Å². The van der Waals surface area contributed by atoms with Gasteiger partial charge in [0.15, 0.2) is 0 Å². The number of hydrogen-bond donors (Lipinski definition) is 2. The molecule has 0 aliphatic carbocycles. The van der Waals surface area contributed by atoms with E-state index in [4.69, 9.17) is 0 Å². The van der Waals surface area contributed by atoms with Gasteiger partial charge in [-0.15, -0.1) is 0 Å². The number of aryl methyl sites for hydroxylation is 2. The van der Waals surface area contributed by atoms with E-state index in [0.717, 1.165) is 24.4 Å². The molecule has 1 heterocycles. The van der Waals surface area contributed by atoms with E-state index in [0.29, 0.717) is 11.4 Å². The molecule has 2 N–H and O–H groups in total. The molecule has 2 rings (SSSR count). The van der Waals surface area contributed by atoms with E-state index >= 15 is 0 Å².